The molecule has 0 radical (unpaired) electrons. The highest BCUT2D eigenvalue weighted by atomic mass is 16.6. The predicted molar refractivity (Wildman–Crippen MR) is 66.4 cm³/mol. The molecular weight excluding hydrogens is 236 g/mol. The molecule has 0 saturated heterocycles. The van der Waals surface area contributed by atoms with E-state index in [0.29, 0.717) is 0 Å². The number of nitro benzene ring substituents is 1. The molecule has 1 N–H and O–H groups in total. The molecule has 0 fully saturated rings. The maximum Gasteiger partial charge on any atom is 0.292 e. The fourth-order valence-corrected chi connectivity index (χ4v) is 1.41. The van der Waals surface area contributed by atoms with Crippen molar-refractivity contribution in [2.45, 2.75) is 26.7 Å². The topological polar surface area (TPSA) is 89.3 Å². The zero-order chi connectivity index (χ0) is 13.7. The second kappa shape index (κ2) is 5.90. The monoisotopic (exact) mass is 250 g/mol. The molecule has 0 aliphatic rings. The summed E-state index contributed by atoms with van der Waals surface area (Å²) in [4.78, 5) is 32.5. The lowest BCUT2D eigenvalue weighted by atomic mass is 10.1. The molecule has 6 heteroatoms. The van der Waals surface area contributed by atoms with Crippen LogP contribution < -0.4 is 5.32 Å². The lowest BCUT2D eigenvalue weighted by Gasteiger charge is -2.06. The number of rotatable bonds is 5. The fraction of sp³-hybridized carbons (Fsp3) is 0.333. The molecule has 1 amide bonds. The van der Waals surface area contributed by atoms with E-state index in [1.807, 2.05) is 0 Å². The predicted octanol–water partition coefficient (Wildman–Crippen LogP) is 2.21. The fourth-order valence-electron chi connectivity index (χ4n) is 1.41. The van der Waals surface area contributed by atoms with E-state index in [-0.39, 0.29) is 30.0 Å². The first-order valence-corrected chi connectivity index (χ1v) is 5.44. The number of nitro groups is 1. The first-order valence-electron chi connectivity index (χ1n) is 5.44. The molecule has 0 saturated carbocycles. The van der Waals surface area contributed by atoms with Gasteiger partial charge in [0.25, 0.3) is 5.69 Å². The molecule has 18 heavy (non-hydrogen) atoms. The van der Waals surface area contributed by atoms with Crippen molar-refractivity contribution < 1.29 is 14.5 Å². The van der Waals surface area contributed by atoms with E-state index in [1.165, 1.54) is 19.1 Å². The van der Waals surface area contributed by atoms with Gasteiger partial charge in [0.1, 0.15) is 11.5 Å². The van der Waals surface area contributed by atoms with Gasteiger partial charge in [0.15, 0.2) is 0 Å². The van der Waals surface area contributed by atoms with Crippen molar-refractivity contribution in [3.63, 3.8) is 0 Å². The Kier molecular flexibility index (Phi) is 4.53. The third-order valence-electron chi connectivity index (χ3n) is 2.33. The van der Waals surface area contributed by atoms with Crippen LogP contribution in [0.5, 0.6) is 0 Å². The third kappa shape index (κ3) is 3.97. The largest absolute Gasteiger partial charge is 0.320 e. The summed E-state index contributed by atoms with van der Waals surface area (Å²) >= 11 is 0. The summed E-state index contributed by atoms with van der Waals surface area (Å²) in [5, 5.41) is 13.2. The Morgan fingerprint density at radius 2 is 2.00 bits per heavy atom. The maximum atomic E-state index is 11.5. The van der Waals surface area contributed by atoms with Crippen LogP contribution in [-0.4, -0.2) is 16.6 Å². The quantitative estimate of drug-likeness (QED) is 0.640. The minimum Gasteiger partial charge on any atom is -0.320 e. The summed E-state index contributed by atoms with van der Waals surface area (Å²) in [7, 11) is 0. The number of benzene rings is 1. The van der Waals surface area contributed by atoms with Crippen molar-refractivity contribution in [1.29, 1.82) is 0 Å². The molecule has 0 aromatic heterocycles. The van der Waals surface area contributed by atoms with E-state index in [1.54, 1.807) is 13.0 Å². The molecule has 0 spiro atoms. The van der Waals surface area contributed by atoms with E-state index in [9.17, 15) is 19.7 Å². The summed E-state index contributed by atoms with van der Waals surface area (Å²) in [6.45, 7) is 3.16. The second-order valence-electron chi connectivity index (χ2n) is 4.03. The number of Topliss-reactive ketones (excluding diaryl/α,β-unsaturated/α-hetero) is 1. The Hall–Kier alpha value is -2.24. The number of amides is 1. The van der Waals surface area contributed by atoms with Gasteiger partial charge in [0, 0.05) is 18.9 Å². The van der Waals surface area contributed by atoms with E-state index in [4.69, 9.17) is 0 Å². The van der Waals surface area contributed by atoms with Gasteiger partial charge in [-0.1, -0.05) is 6.07 Å². The van der Waals surface area contributed by atoms with Gasteiger partial charge in [0.05, 0.1) is 4.92 Å². The molecule has 0 unspecified atom stereocenters. The number of anilines is 1. The first-order chi connectivity index (χ1) is 8.40. The van der Waals surface area contributed by atoms with Crippen molar-refractivity contribution in [1.82, 2.24) is 0 Å². The van der Waals surface area contributed by atoms with Crippen molar-refractivity contribution in [2.24, 2.45) is 0 Å². The third-order valence-corrected chi connectivity index (χ3v) is 2.33. The maximum absolute atomic E-state index is 11.5. The number of hydrogen-bond donors (Lipinski definition) is 1. The molecule has 0 aliphatic heterocycles. The molecule has 0 bridgehead atoms. The molecule has 0 atom stereocenters. The number of ketones is 1. The summed E-state index contributed by atoms with van der Waals surface area (Å²) in [5.41, 5.74) is 0.813. The van der Waals surface area contributed by atoms with Crippen molar-refractivity contribution in [2.75, 3.05) is 5.32 Å². The van der Waals surface area contributed by atoms with Gasteiger partial charge in [-0.15, -0.1) is 0 Å². The van der Waals surface area contributed by atoms with Crippen molar-refractivity contribution in [3.8, 4) is 0 Å². The average molecular weight is 250 g/mol. The number of hydrogen-bond acceptors (Lipinski definition) is 4. The van der Waals surface area contributed by atoms with Gasteiger partial charge in [0.2, 0.25) is 5.91 Å². The van der Waals surface area contributed by atoms with Gasteiger partial charge >= 0.3 is 0 Å². The number of nitrogens with zero attached hydrogens (tertiary/aromatic N) is 1. The van der Waals surface area contributed by atoms with Crippen LogP contribution in [0.4, 0.5) is 11.4 Å². The molecule has 0 aliphatic carbocycles. The Morgan fingerprint density at radius 3 is 2.56 bits per heavy atom. The number of carbonyl (C=O) groups excluding carboxylic acids is 2. The summed E-state index contributed by atoms with van der Waals surface area (Å²) in [6, 6.07) is 4.48. The summed E-state index contributed by atoms with van der Waals surface area (Å²) < 4.78 is 0. The van der Waals surface area contributed by atoms with Crippen LogP contribution in [0.1, 0.15) is 25.3 Å². The lowest BCUT2D eigenvalue weighted by Crippen LogP contribution is -2.13. The lowest BCUT2D eigenvalue weighted by molar-refractivity contribution is -0.383. The van der Waals surface area contributed by atoms with Crippen LogP contribution in [0.2, 0.25) is 0 Å². The summed E-state index contributed by atoms with van der Waals surface area (Å²) in [5.74, 6) is -0.497. The Morgan fingerprint density at radius 1 is 1.33 bits per heavy atom. The van der Waals surface area contributed by atoms with E-state index < -0.39 is 10.8 Å². The highest BCUT2D eigenvalue weighted by Crippen LogP contribution is 2.25. The van der Waals surface area contributed by atoms with E-state index in [0.717, 1.165) is 5.56 Å². The number of carbonyl (C=O) groups is 2. The van der Waals surface area contributed by atoms with E-state index in [2.05, 4.69) is 5.32 Å². The minimum absolute atomic E-state index is 0.0282. The molecule has 6 nitrogen and oxygen atoms in total. The highest BCUT2D eigenvalue weighted by Gasteiger charge is 2.15. The van der Waals surface area contributed by atoms with Crippen LogP contribution >= 0.6 is 0 Å². The molecule has 1 rings (SSSR count). The Bertz CT molecular complexity index is 497. The molecule has 1 aromatic rings. The van der Waals surface area contributed by atoms with E-state index >= 15 is 0 Å². The molecule has 96 valence electrons. The zero-order valence-electron chi connectivity index (χ0n) is 10.2. The van der Waals surface area contributed by atoms with Gasteiger partial charge in [-0.2, -0.15) is 0 Å². The smallest absolute Gasteiger partial charge is 0.292 e. The van der Waals surface area contributed by atoms with Crippen LogP contribution in [0.25, 0.3) is 0 Å². The van der Waals surface area contributed by atoms with Gasteiger partial charge in [-0.05, 0) is 25.5 Å². The standard InChI is InChI=1S/C12H14N2O4/c1-8-3-5-11(14(17)18)10(7-8)13-12(16)6-4-9(2)15/h3,5,7H,4,6H2,1-2H3,(H,13,16). The average Bonchev–Trinajstić information content (AvgIpc) is 2.26. The first kappa shape index (κ1) is 13.8. The van der Waals surface area contributed by atoms with Crippen LogP contribution in [0.3, 0.4) is 0 Å². The number of nitrogens with one attached hydrogen (secondary N) is 1. The second-order valence-corrected chi connectivity index (χ2v) is 4.03. The number of aryl methyl sites for hydroxylation is 1. The van der Waals surface area contributed by atoms with Gasteiger partial charge < -0.3 is 10.1 Å². The van der Waals surface area contributed by atoms with Gasteiger partial charge in [-0.25, -0.2) is 0 Å². The van der Waals surface area contributed by atoms with Crippen molar-refractivity contribution in [3.05, 3.63) is 33.9 Å². The SMILES string of the molecule is CC(=O)CCC(=O)Nc1cc(C)ccc1[N+](=O)[O-]. The normalized spacial score (nSPS) is 9.89. The summed E-state index contributed by atoms with van der Waals surface area (Å²) in [6.07, 6.45) is 0.159. The van der Waals surface area contributed by atoms with Crippen LogP contribution in [-0.2, 0) is 9.59 Å². The van der Waals surface area contributed by atoms with Crippen molar-refractivity contribution >= 4 is 23.1 Å². The molecule has 0 heterocycles. The molecular formula is C12H14N2O4. The molecule has 1 aromatic carbocycles. The Labute approximate surface area is 104 Å². The zero-order valence-corrected chi connectivity index (χ0v) is 10.2. The van der Waals surface area contributed by atoms with Gasteiger partial charge in [-0.3, -0.25) is 14.9 Å². The van der Waals surface area contributed by atoms with Crippen LogP contribution in [0.15, 0.2) is 18.2 Å². The van der Waals surface area contributed by atoms with Crippen LogP contribution in [0, 0.1) is 17.0 Å². The Balaban J connectivity index is 2.82. The highest BCUT2D eigenvalue weighted by molar-refractivity contribution is 5.95. The minimum atomic E-state index is -0.556.